The number of carbonyl (C=O) groups is 12. The van der Waals surface area contributed by atoms with Crippen LogP contribution < -0.4 is 36.0 Å². The van der Waals surface area contributed by atoms with Gasteiger partial charge < -0.3 is 55.7 Å². The molecule has 2 aliphatic heterocycles. The number of unbranched alkanes of at least 4 members (excludes halogenated alkanes) is 2. The number of methoxy groups -OCH3 is 2. The third-order valence-corrected chi connectivity index (χ3v) is 21.8. The lowest BCUT2D eigenvalue weighted by atomic mass is 9.89. The van der Waals surface area contributed by atoms with Crippen LogP contribution in [0.1, 0.15) is 159 Å². The zero-order valence-electron chi connectivity index (χ0n) is 63.3. The van der Waals surface area contributed by atoms with Crippen LogP contribution in [-0.4, -0.2) is 215 Å². The number of benzene rings is 2. The number of aliphatic hydroxyl groups is 1. The minimum absolute atomic E-state index is 0.0261. The predicted octanol–water partition coefficient (Wildman–Crippen LogP) is 6.55. The molecule has 27 nitrogen and oxygen atoms in total. The normalized spacial score (nSPS) is 17.7. The van der Waals surface area contributed by atoms with Gasteiger partial charge in [-0.3, -0.25) is 62.5 Å². The monoisotopic (exact) mass is 1530 g/mol. The van der Waals surface area contributed by atoms with Crippen molar-refractivity contribution in [2.75, 3.05) is 58.2 Å². The molecule has 580 valence electrons. The number of nitrogens with zero attached hydrogens (tertiary/aromatic N) is 4. The molecule has 0 radical (unpaired) electrons. The molecule has 2 aliphatic rings. The SMILES string of the molecule is CC[C@@H](C)[C@@H]([C@@H](CC(=O)N1CCC[C@H]1[C@H](OC)[C@@H](C)C(=O)N[C@@H](C)[C@H](O)c1ccccc1)OC)N(C)C(=O)[C@@H](NC(=O)[C@H](C(C)C)N(C)C(=O)OCc1ccc(NC(=O)[C@@H](C)NC(=O)[C@H](NC(=O)CCCCCN2C(=O)C(SN[C@@H](CS)C(C)=O)=C(SN[C@@H](CS)C(C)=O)C2=O)C(C)C)cc1)C(C)C. The van der Waals surface area contributed by atoms with Crippen LogP contribution in [0.25, 0.3) is 0 Å². The van der Waals surface area contributed by atoms with Gasteiger partial charge in [0.2, 0.25) is 41.4 Å². The second kappa shape index (κ2) is 43.9. The van der Waals surface area contributed by atoms with E-state index >= 15 is 0 Å². The number of likely N-dealkylation sites (tertiary alicyclic amines) is 1. The number of rotatable bonds is 44. The number of anilines is 1. The minimum Gasteiger partial charge on any atom is -0.445 e. The minimum atomic E-state index is -1.08. The third-order valence-electron chi connectivity index (χ3n) is 19.0. The Hall–Kier alpha value is -6.58. The van der Waals surface area contributed by atoms with E-state index in [0.29, 0.717) is 61.9 Å². The Morgan fingerprint density at radius 1 is 0.673 bits per heavy atom. The van der Waals surface area contributed by atoms with E-state index in [1.54, 1.807) is 109 Å². The number of likely N-dealkylation sites (N-methyl/N-ethyl adjacent to an activating group) is 2. The van der Waals surface area contributed by atoms with Crippen LogP contribution in [0.2, 0.25) is 0 Å². The second-order valence-corrected chi connectivity index (χ2v) is 30.3. The topological polar surface area (TPSA) is 350 Å². The third kappa shape index (κ3) is 25.6. The average molecular weight is 1530 g/mol. The number of carbonyl (C=O) groups excluding carboxylic acids is 12. The molecule has 2 heterocycles. The number of ketones is 2. The molecular formula is C73H113N11O16S4. The van der Waals surface area contributed by atoms with Gasteiger partial charge in [-0.2, -0.15) is 25.3 Å². The van der Waals surface area contributed by atoms with Gasteiger partial charge in [-0.15, -0.1) is 0 Å². The van der Waals surface area contributed by atoms with Crippen LogP contribution in [-0.2, 0) is 73.6 Å². The fourth-order valence-corrected chi connectivity index (χ4v) is 15.4. The number of ether oxygens (including phenoxy) is 3. The summed E-state index contributed by atoms with van der Waals surface area (Å²) < 4.78 is 23.6. The summed E-state index contributed by atoms with van der Waals surface area (Å²) in [5, 5.41) is 25.0. The van der Waals surface area contributed by atoms with Gasteiger partial charge in [-0.1, -0.05) is 118 Å². The van der Waals surface area contributed by atoms with Crippen LogP contribution in [0.3, 0.4) is 0 Å². The van der Waals surface area contributed by atoms with E-state index in [2.05, 4.69) is 61.3 Å². The van der Waals surface area contributed by atoms with Crippen molar-refractivity contribution in [1.82, 2.24) is 50.3 Å². The van der Waals surface area contributed by atoms with Crippen LogP contribution in [0.5, 0.6) is 0 Å². The number of amides is 10. The summed E-state index contributed by atoms with van der Waals surface area (Å²) in [4.78, 5) is 168. The molecule has 0 aromatic heterocycles. The molecule has 0 aliphatic carbocycles. The molecule has 2 aromatic rings. The lowest BCUT2D eigenvalue weighted by Crippen LogP contribution is -2.60. The quantitative estimate of drug-likeness (QED) is 0.0145. The molecule has 10 amide bonds. The molecule has 0 bridgehead atoms. The van der Waals surface area contributed by atoms with Crippen molar-refractivity contribution in [3.8, 4) is 0 Å². The molecule has 14 atom stereocenters. The summed E-state index contributed by atoms with van der Waals surface area (Å²) in [6.07, 6.45) is -0.232. The first-order valence-electron chi connectivity index (χ1n) is 35.6. The van der Waals surface area contributed by atoms with Crippen molar-refractivity contribution >= 4 is 126 Å². The molecule has 8 N–H and O–H groups in total. The molecule has 1 fully saturated rings. The number of aliphatic hydroxyl groups excluding tert-OH is 1. The first-order chi connectivity index (χ1) is 49.1. The zero-order chi connectivity index (χ0) is 78.0. The Labute approximate surface area is 633 Å². The fourth-order valence-electron chi connectivity index (χ4n) is 12.4. The molecule has 4 rings (SSSR count). The first-order valence-corrected chi connectivity index (χ1v) is 38.5. The first kappa shape index (κ1) is 89.8. The highest BCUT2D eigenvalue weighted by Gasteiger charge is 2.45. The molecule has 2 aromatic carbocycles. The van der Waals surface area contributed by atoms with Gasteiger partial charge in [-0.05, 0) is 124 Å². The van der Waals surface area contributed by atoms with Crippen molar-refractivity contribution in [2.45, 2.75) is 221 Å². The Morgan fingerprint density at radius 2 is 1.25 bits per heavy atom. The summed E-state index contributed by atoms with van der Waals surface area (Å²) in [7, 11) is 6.09. The Kier molecular flexibility index (Phi) is 37.9. The van der Waals surface area contributed by atoms with E-state index in [4.69, 9.17) is 14.2 Å². The summed E-state index contributed by atoms with van der Waals surface area (Å²) in [5.74, 6) is -6.51. The highest BCUT2D eigenvalue weighted by Crippen LogP contribution is 2.36. The van der Waals surface area contributed by atoms with Crippen LogP contribution >= 0.6 is 49.2 Å². The van der Waals surface area contributed by atoms with E-state index in [-0.39, 0.29) is 82.5 Å². The van der Waals surface area contributed by atoms with Gasteiger partial charge in [0.15, 0.2) is 0 Å². The van der Waals surface area contributed by atoms with Crippen LogP contribution in [0.15, 0.2) is 64.4 Å². The Balaban J connectivity index is 1.29. The Bertz CT molecular complexity index is 3230. The number of thiol groups is 2. The summed E-state index contributed by atoms with van der Waals surface area (Å²) in [5.41, 5.74) is 1.58. The highest BCUT2D eigenvalue weighted by atomic mass is 32.2. The number of imide groups is 1. The van der Waals surface area contributed by atoms with Crippen molar-refractivity contribution in [3.63, 3.8) is 0 Å². The predicted molar refractivity (Wildman–Crippen MR) is 408 cm³/mol. The van der Waals surface area contributed by atoms with E-state index in [9.17, 15) is 62.6 Å². The molecule has 0 spiro atoms. The molecule has 31 heteroatoms. The van der Waals surface area contributed by atoms with Gasteiger partial charge in [-0.25, -0.2) is 14.2 Å². The lowest BCUT2D eigenvalue weighted by molar-refractivity contribution is -0.148. The van der Waals surface area contributed by atoms with Gasteiger partial charge >= 0.3 is 6.09 Å². The molecular weight excluding hydrogens is 1420 g/mol. The Morgan fingerprint density at radius 3 is 1.76 bits per heavy atom. The fraction of sp³-hybridized carbons (Fsp3) is 0.644. The lowest BCUT2D eigenvalue weighted by Gasteiger charge is -2.41. The van der Waals surface area contributed by atoms with Gasteiger partial charge in [0, 0.05) is 65.0 Å². The number of hydrogen-bond acceptors (Lipinski definition) is 22. The molecule has 0 unspecified atom stereocenters. The van der Waals surface area contributed by atoms with Crippen LogP contribution in [0, 0.1) is 29.6 Å². The average Bonchev–Trinajstić information content (AvgIpc) is 1.61. The van der Waals surface area contributed by atoms with Crippen molar-refractivity contribution < 1.29 is 76.9 Å². The van der Waals surface area contributed by atoms with E-state index in [1.807, 2.05) is 32.0 Å². The number of Topliss-reactive ketones (excluding diaryl/α,β-unsaturated/α-hetero) is 2. The van der Waals surface area contributed by atoms with E-state index in [1.165, 1.54) is 46.9 Å². The summed E-state index contributed by atoms with van der Waals surface area (Å²) in [6, 6.07) is 8.25. The van der Waals surface area contributed by atoms with Gasteiger partial charge in [0.05, 0.1) is 60.9 Å². The maximum atomic E-state index is 14.8. The van der Waals surface area contributed by atoms with Crippen molar-refractivity contribution in [1.29, 1.82) is 0 Å². The molecule has 104 heavy (non-hydrogen) atoms. The van der Waals surface area contributed by atoms with E-state index < -0.39 is 138 Å². The number of hydrogen-bond donors (Lipinski definition) is 10. The van der Waals surface area contributed by atoms with Gasteiger partial charge in [0.1, 0.15) is 52.2 Å². The van der Waals surface area contributed by atoms with Crippen molar-refractivity contribution in [3.05, 3.63) is 75.5 Å². The van der Waals surface area contributed by atoms with Crippen molar-refractivity contribution in [2.24, 2.45) is 29.6 Å². The van der Waals surface area contributed by atoms with Crippen LogP contribution in [0.4, 0.5) is 10.5 Å². The maximum absolute atomic E-state index is 14.8. The number of nitrogens with one attached hydrogen (secondary N) is 7. The maximum Gasteiger partial charge on any atom is 0.410 e. The standard InChI is InChI=1S/C73H113N11O16S4/c1-18-43(8)61(55(98-16)36-57(88)83-35-25-28-54(83)63(99-17)44(9)66(90)74-45(10)62(89)50-26-21-19-22-27-50)81(14)70(94)59(41(4)5)78-69(93)60(42(6)7)82(15)73(97)100-37-49-30-32-51(33-31-49)76-67(91)46(11)75-68(92)58(40(2)3)77-56(87)29-23-20-24-34-84-71(95)64(103-79-52(38-101)47(12)85)65(72(84)96)104-80-53(39-102)48(13)86/h19,21-22,26-27,30-33,40-46,52-55,58-63,79-80,89,101-102H,18,20,23-25,28-29,34-39H2,1-17H3,(H,74,90)(H,75,92)(H,76,91)(H,77,87)(H,78,93)/t43-,44-,45+,46-,52+,53+,54+,55-,58-,59+,60+,61+,62+,63-/m1/s1. The second-order valence-electron chi connectivity index (χ2n) is 27.9. The molecule has 1 saturated heterocycles. The summed E-state index contributed by atoms with van der Waals surface area (Å²) in [6.45, 7) is 22.5. The molecule has 0 saturated carbocycles. The highest BCUT2D eigenvalue weighted by molar-refractivity contribution is 8.06. The van der Waals surface area contributed by atoms with E-state index in [0.717, 1.165) is 28.8 Å². The largest absolute Gasteiger partial charge is 0.445 e. The zero-order valence-corrected chi connectivity index (χ0v) is 66.7. The smallest absolute Gasteiger partial charge is 0.410 e. The summed E-state index contributed by atoms with van der Waals surface area (Å²) >= 11 is 10.1. The van der Waals surface area contributed by atoms with Gasteiger partial charge in [0.25, 0.3) is 11.8 Å².